The van der Waals surface area contributed by atoms with E-state index in [1.165, 1.54) is 0 Å². The number of halogens is 1. The lowest BCUT2D eigenvalue weighted by Gasteiger charge is -2.15. The molecule has 3 aromatic carbocycles. The van der Waals surface area contributed by atoms with Gasteiger partial charge < -0.3 is 24.9 Å². The van der Waals surface area contributed by atoms with E-state index in [0.29, 0.717) is 24.8 Å². The zero-order valence-corrected chi connectivity index (χ0v) is 19.7. The van der Waals surface area contributed by atoms with Crippen molar-refractivity contribution < 1.29 is 19.4 Å². The fraction of sp³-hybridized carbons (Fsp3) is 0.200. The summed E-state index contributed by atoms with van der Waals surface area (Å²) in [4.78, 5) is 15.3. The van der Waals surface area contributed by atoms with Gasteiger partial charge in [-0.25, -0.2) is 9.78 Å². The molecule has 0 fully saturated rings. The van der Waals surface area contributed by atoms with Crippen molar-refractivity contribution in [1.82, 2.24) is 9.55 Å². The molecule has 0 spiro atoms. The number of imidazole rings is 1. The second-order valence-corrected chi connectivity index (χ2v) is 8.48. The summed E-state index contributed by atoms with van der Waals surface area (Å²) in [6.45, 7) is 2.54. The molecule has 0 unspecified atom stereocenters. The number of para-hydroxylation sites is 1. The van der Waals surface area contributed by atoms with Gasteiger partial charge >= 0.3 is 5.97 Å². The lowest BCUT2D eigenvalue weighted by molar-refractivity contribution is -0.139. The number of hydrogen-bond donors (Lipinski definition) is 2. The Kier molecular flexibility index (Phi) is 6.84. The summed E-state index contributed by atoms with van der Waals surface area (Å²) >= 11 is 3.47. The Morgan fingerprint density at radius 2 is 1.85 bits per heavy atom. The normalized spacial score (nSPS) is 11.0. The summed E-state index contributed by atoms with van der Waals surface area (Å²) < 4.78 is 14.5. The van der Waals surface area contributed by atoms with Gasteiger partial charge in [0, 0.05) is 10.0 Å². The van der Waals surface area contributed by atoms with E-state index in [1.807, 2.05) is 66.1 Å². The van der Waals surface area contributed by atoms with Crippen LogP contribution in [-0.2, 0) is 24.4 Å². The smallest absolute Gasteiger partial charge is 0.341 e. The molecule has 7 nitrogen and oxygen atoms in total. The van der Waals surface area contributed by atoms with Gasteiger partial charge in [0.25, 0.3) is 0 Å². The Hall–Kier alpha value is -3.52. The average Bonchev–Trinajstić information content (AvgIpc) is 3.11. The van der Waals surface area contributed by atoms with Gasteiger partial charge in [-0.15, -0.1) is 0 Å². The van der Waals surface area contributed by atoms with Gasteiger partial charge in [0.05, 0.1) is 17.6 Å². The summed E-state index contributed by atoms with van der Waals surface area (Å²) in [5.74, 6) is 0.792. The lowest BCUT2D eigenvalue weighted by Crippen LogP contribution is -2.10. The number of aliphatic carboxylic acids is 1. The number of aryl methyl sites for hydroxylation is 1. The molecule has 0 amide bonds. The molecule has 4 aromatic rings. The third-order valence-electron chi connectivity index (χ3n) is 5.29. The van der Waals surface area contributed by atoms with Gasteiger partial charge in [0.15, 0.2) is 6.61 Å². The molecule has 0 bridgehead atoms. The number of ether oxygens (including phenoxy) is 2. The van der Waals surface area contributed by atoms with E-state index in [2.05, 4.69) is 20.9 Å². The van der Waals surface area contributed by atoms with Crippen molar-refractivity contribution in [3.05, 3.63) is 81.8 Å². The van der Waals surface area contributed by atoms with E-state index in [4.69, 9.17) is 20.3 Å². The molecule has 0 aliphatic carbocycles. The zero-order chi connectivity index (χ0) is 23.4. The van der Waals surface area contributed by atoms with Crippen molar-refractivity contribution in [1.29, 1.82) is 0 Å². The number of carboxylic acids is 1. The van der Waals surface area contributed by atoms with E-state index in [1.54, 1.807) is 6.07 Å². The molecule has 0 saturated heterocycles. The van der Waals surface area contributed by atoms with Crippen molar-refractivity contribution in [2.24, 2.45) is 0 Å². The number of nitrogen functional groups attached to an aromatic ring is 1. The zero-order valence-electron chi connectivity index (χ0n) is 18.1. The second-order valence-electron chi connectivity index (χ2n) is 7.56. The molecule has 0 saturated carbocycles. The average molecular weight is 510 g/mol. The first-order valence-electron chi connectivity index (χ1n) is 10.5. The summed E-state index contributed by atoms with van der Waals surface area (Å²) in [6.07, 6.45) is 0.725. The number of carboxylic acid groups (broad SMARTS) is 1. The maximum atomic E-state index is 10.8. The van der Waals surface area contributed by atoms with Crippen LogP contribution in [0.4, 0.5) is 5.95 Å². The van der Waals surface area contributed by atoms with Gasteiger partial charge in [-0.1, -0.05) is 47.1 Å². The maximum Gasteiger partial charge on any atom is 0.341 e. The van der Waals surface area contributed by atoms with Crippen molar-refractivity contribution >= 4 is 38.9 Å². The molecule has 0 aliphatic heterocycles. The standard InChI is InChI=1S/C25H24BrN3O4/c1-2-17-11-16(7-10-23(17)33-15-24(30)31)14-32-22-6-4-3-5-18(22)13-29-21-9-8-19(26)12-20(21)28-25(29)27/h3-12H,2,13-15H2,1H3,(H2,27,28)(H,30,31). The molecule has 1 heterocycles. The Labute approximate surface area is 199 Å². The predicted molar refractivity (Wildman–Crippen MR) is 131 cm³/mol. The second kappa shape index (κ2) is 9.95. The maximum absolute atomic E-state index is 10.8. The minimum atomic E-state index is -1.000. The molecule has 3 N–H and O–H groups in total. The highest BCUT2D eigenvalue weighted by Gasteiger charge is 2.12. The first-order valence-corrected chi connectivity index (χ1v) is 11.3. The van der Waals surface area contributed by atoms with E-state index < -0.39 is 5.97 Å². The first-order chi connectivity index (χ1) is 15.9. The van der Waals surface area contributed by atoms with Crippen molar-refractivity contribution in [3.8, 4) is 11.5 Å². The highest BCUT2D eigenvalue weighted by atomic mass is 79.9. The summed E-state index contributed by atoms with van der Waals surface area (Å²) in [6, 6.07) is 19.4. The van der Waals surface area contributed by atoms with Crippen molar-refractivity contribution in [2.45, 2.75) is 26.5 Å². The van der Waals surface area contributed by atoms with E-state index in [9.17, 15) is 4.79 Å². The van der Waals surface area contributed by atoms with Crippen LogP contribution in [0.15, 0.2) is 65.1 Å². The minimum Gasteiger partial charge on any atom is -0.489 e. The molecule has 8 heteroatoms. The fourth-order valence-electron chi connectivity index (χ4n) is 3.67. The monoisotopic (exact) mass is 509 g/mol. The van der Waals surface area contributed by atoms with E-state index in [0.717, 1.165) is 44.4 Å². The van der Waals surface area contributed by atoms with Crippen LogP contribution < -0.4 is 15.2 Å². The van der Waals surface area contributed by atoms with E-state index >= 15 is 0 Å². The molecule has 4 rings (SSSR count). The molecule has 1 aromatic heterocycles. The Bertz CT molecular complexity index is 1300. The number of nitrogens with two attached hydrogens (primary N) is 1. The van der Waals surface area contributed by atoms with Crippen LogP contribution in [0.1, 0.15) is 23.6 Å². The Morgan fingerprint density at radius 3 is 2.64 bits per heavy atom. The molecular weight excluding hydrogens is 486 g/mol. The quantitative estimate of drug-likeness (QED) is 0.328. The molecule has 170 valence electrons. The lowest BCUT2D eigenvalue weighted by atomic mass is 10.1. The Balaban J connectivity index is 1.52. The third kappa shape index (κ3) is 5.28. The first kappa shape index (κ1) is 22.7. The number of hydrogen-bond acceptors (Lipinski definition) is 5. The molecular formula is C25H24BrN3O4. The van der Waals surface area contributed by atoms with Crippen LogP contribution in [0, 0.1) is 0 Å². The van der Waals surface area contributed by atoms with Gasteiger partial charge in [-0.3, -0.25) is 0 Å². The predicted octanol–water partition coefficient (Wildman–Crippen LogP) is 5.03. The summed E-state index contributed by atoms with van der Waals surface area (Å²) in [5, 5.41) is 8.85. The minimum absolute atomic E-state index is 0.362. The number of nitrogens with zero attached hydrogens (tertiary/aromatic N) is 2. The van der Waals surface area contributed by atoms with Gasteiger partial charge in [-0.05, 0) is 53.9 Å². The van der Waals surface area contributed by atoms with Crippen LogP contribution in [0.3, 0.4) is 0 Å². The van der Waals surface area contributed by atoms with Gasteiger partial charge in [-0.2, -0.15) is 0 Å². The topological polar surface area (TPSA) is 99.6 Å². The summed E-state index contributed by atoms with van der Waals surface area (Å²) in [5.41, 5.74) is 10.9. The van der Waals surface area contributed by atoms with Crippen LogP contribution in [-0.4, -0.2) is 27.2 Å². The number of aromatic nitrogens is 2. The van der Waals surface area contributed by atoms with E-state index in [-0.39, 0.29) is 6.61 Å². The molecule has 0 radical (unpaired) electrons. The third-order valence-corrected chi connectivity index (χ3v) is 5.79. The van der Waals surface area contributed by atoms with Crippen LogP contribution in [0.25, 0.3) is 11.0 Å². The highest BCUT2D eigenvalue weighted by molar-refractivity contribution is 9.10. The van der Waals surface area contributed by atoms with Crippen LogP contribution in [0.5, 0.6) is 11.5 Å². The van der Waals surface area contributed by atoms with Crippen molar-refractivity contribution in [2.75, 3.05) is 12.3 Å². The number of rotatable bonds is 9. The van der Waals surface area contributed by atoms with Crippen LogP contribution >= 0.6 is 15.9 Å². The molecule has 0 atom stereocenters. The number of fused-ring (bicyclic) bond motifs is 1. The number of benzene rings is 3. The fourth-order valence-corrected chi connectivity index (χ4v) is 4.02. The highest BCUT2D eigenvalue weighted by Crippen LogP contribution is 2.27. The van der Waals surface area contributed by atoms with Gasteiger partial charge in [0.2, 0.25) is 5.95 Å². The van der Waals surface area contributed by atoms with Crippen LogP contribution in [0.2, 0.25) is 0 Å². The SMILES string of the molecule is CCc1cc(COc2ccccc2Cn2c(N)nc3cc(Br)ccc32)ccc1OCC(=O)O. The number of carbonyl (C=O) groups is 1. The molecule has 0 aliphatic rings. The molecule has 33 heavy (non-hydrogen) atoms. The Morgan fingerprint density at radius 1 is 1.06 bits per heavy atom. The van der Waals surface area contributed by atoms with Gasteiger partial charge in [0.1, 0.15) is 18.1 Å². The number of anilines is 1. The summed E-state index contributed by atoms with van der Waals surface area (Å²) in [7, 11) is 0. The van der Waals surface area contributed by atoms with Crippen molar-refractivity contribution in [3.63, 3.8) is 0 Å². The largest absolute Gasteiger partial charge is 0.489 e.